The molecule has 1 aliphatic heterocycles. The molecule has 1 saturated carbocycles. The number of amides is 1. The Morgan fingerprint density at radius 3 is 2.64 bits per heavy atom. The van der Waals surface area contributed by atoms with Gasteiger partial charge in [-0.05, 0) is 43.4 Å². The maximum absolute atomic E-state index is 15.8. The molecule has 0 spiro atoms. The second kappa shape index (κ2) is 11.4. The number of halogens is 2. The van der Waals surface area contributed by atoms with Crippen LogP contribution >= 0.6 is 0 Å². The van der Waals surface area contributed by atoms with Crippen LogP contribution in [0.15, 0.2) is 37.1 Å². The van der Waals surface area contributed by atoms with Gasteiger partial charge in [-0.3, -0.25) is 4.79 Å². The minimum atomic E-state index is -3.13. The van der Waals surface area contributed by atoms with Crippen molar-refractivity contribution in [3.05, 3.63) is 48.7 Å². The van der Waals surface area contributed by atoms with Crippen LogP contribution in [0, 0.1) is 17.6 Å². The van der Waals surface area contributed by atoms with E-state index in [9.17, 15) is 4.79 Å². The van der Waals surface area contributed by atoms with Crippen molar-refractivity contribution in [1.29, 1.82) is 0 Å². The molecule has 2 aromatic heterocycles. The second-order valence-corrected chi connectivity index (χ2v) is 9.48. The first kappa shape index (κ1) is 20.0. The largest absolute Gasteiger partial charge is 0.494 e. The van der Waals surface area contributed by atoms with Crippen LogP contribution in [-0.4, -0.2) is 61.8 Å². The topological polar surface area (TPSA) is 107 Å². The average molecular weight is 546 g/mol. The fourth-order valence-electron chi connectivity index (χ4n) is 4.50. The van der Waals surface area contributed by atoms with Crippen molar-refractivity contribution < 1.29 is 36.0 Å². The molecule has 3 N–H and O–H groups in total. The molecule has 1 aliphatic carbocycles. The third kappa shape index (κ3) is 5.73. The summed E-state index contributed by atoms with van der Waals surface area (Å²) in [6.45, 7) is 4.80. The molecule has 0 radical (unpaired) electrons. The van der Waals surface area contributed by atoms with E-state index in [1.165, 1.54) is 18.3 Å². The minimum absolute atomic E-state index is 0.253. The smallest absolute Gasteiger partial charge is 0.243 e. The zero-order chi connectivity index (χ0) is 32.5. The Morgan fingerprint density at radius 1 is 1.18 bits per heavy atom. The summed E-state index contributed by atoms with van der Waals surface area (Å²) in [7, 11) is -6.27. The third-order valence-corrected chi connectivity index (χ3v) is 6.78. The van der Waals surface area contributed by atoms with Gasteiger partial charge in [0.2, 0.25) is 5.91 Å². The number of pyridine rings is 2. The molecular formula is C28H31F2N5O4. The Kier molecular flexibility index (Phi) is 5.84. The molecule has 2 aliphatic rings. The normalized spacial score (nSPS) is 21.8. The first-order valence-corrected chi connectivity index (χ1v) is 12.4. The highest BCUT2D eigenvalue weighted by molar-refractivity contribution is 5.96. The second-order valence-electron chi connectivity index (χ2n) is 9.48. The Balaban J connectivity index is 1.58. The number of fused-ring (bicyclic) bond motifs is 1. The average Bonchev–Trinajstić information content (AvgIpc) is 3.79. The highest BCUT2D eigenvalue weighted by Crippen LogP contribution is 2.39. The zero-order valence-corrected chi connectivity index (χ0v) is 20.9. The molecule has 1 saturated heterocycles. The number of ether oxygens (including phenoxy) is 3. The molecule has 11 heteroatoms. The van der Waals surface area contributed by atoms with E-state index < -0.39 is 42.8 Å². The van der Waals surface area contributed by atoms with Crippen LogP contribution in [0.3, 0.4) is 0 Å². The summed E-state index contributed by atoms with van der Waals surface area (Å²) in [6.07, 6.45) is 5.23. The quantitative estimate of drug-likeness (QED) is 0.324. The van der Waals surface area contributed by atoms with Gasteiger partial charge in [-0.1, -0.05) is 6.58 Å². The number of methoxy groups -OCH3 is 2. The third-order valence-electron chi connectivity index (χ3n) is 6.78. The maximum atomic E-state index is 15.8. The maximum Gasteiger partial charge on any atom is 0.243 e. The van der Waals surface area contributed by atoms with Crippen molar-refractivity contribution in [1.82, 2.24) is 15.3 Å². The number of hydrogen-bond donors (Lipinski definition) is 3. The fraction of sp³-hybridized carbons (Fsp3) is 0.393. The number of carbonyl (C=O) groups is 1. The van der Waals surface area contributed by atoms with Crippen LogP contribution in [-0.2, 0) is 9.53 Å². The zero-order valence-electron chi connectivity index (χ0n) is 26.9. The number of nitrogens with zero attached hydrogens (tertiary/aromatic N) is 2. The van der Waals surface area contributed by atoms with Crippen LogP contribution in [0.1, 0.15) is 27.5 Å². The number of anilines is 2. The van der Waals surface area contributed by atoms with Crippen LogP contribution in [0.25, 0.3) is 22.0 Å². The molecule has 1 amide bonds. The summed E-state index contributed by atoms with van der Waals surface area (Å²) in [5.74, 6) is -3.92. The van der Waals surface area contributed by atoms with E-state index in [1.807, 2.05) is 0 Å². The predicted molar refractivity (Wildman–Crippen MR) is 144 cm³/mol. The number of aromatic nitrogens is 2. The summed E-state index contributed by atoms with van der Waals surface area (Å²) in [4.78, 5) is 20.9. The van der Waals surface area contributed by atoms with Crippen molar-refractivity contribution in [2.75, 3.05) is 44.5 Å². The summed E-state index contributed by atoms with van der Waals surface area (Å²) >= 11 is 0. The number of nitrogens with one attached hydrogen (secondary N) is 3. The van der Waals surface area contributed by atoms with Gasteiger partial charge in [0.05, 0.1) is 52.2 Å². The number of rotatable bonds is 10. The van der Waals surface area contributed by atoms with Gasteiger partial charge >= 0.3 is 0 Å². The highest BCUT2D eigenvalue weighted by Gasteiger charge is 2.28. The van der Waals surface area contributed by atoms with E-state index >= 15 is 8.78 Å². The van der Waals surface area contributed by atoms with Crippen molar-refractivity contribution in [3.8, 4) is 22.8 Å². The van der Waals surface area contributed by atoms with Gasteiger partial charge in [0, 0.05) is 36.2 Å². The lowest BCUT2D eigenvalue weighted by Gasteiger charge is -2.32. The lowest BCUT2D eigenvalue weighted by atomic mass is 10.0. The van der Waals surface area contributed by atoms with Gasteiger partial charge < -0.3 is 30.2 Å². The van der Waals surface area contributed by atoms with E-state index in [1.54, 1.807) is 6.07 Å². The number of carbonyl (C=O) groups excluding carboxylic acids is 1. The van der Waals surface area contributed by atoms with E-state index in [2.05, 4.69) is 32.5 Å². The standard InChI is InChI=1S/C28H31F2N5O4/c1-4-24(36)34-18-7-8-39-14-20(18)33-23-10-17-16(13-31-23)9-19(35-28(17)32-12-15-5-6-15)25-26(29)21(37-2)11-22(38-3)27(25)30/h4,9-11,13,15,18,20H,1,5-8,12,14H2,2-3H3,(H,31,33)(H,32,35)(H,34,36)/t18-,20+/m0/s1/i2D3,3D3. The van der Waals surface area contributed by atoms with E-state index in [-0.39, 0.29) is 29.5 Å². The SMILES string of the molecule is [2H]C([2H])([2H])Oc1cc(OC([2H])([2H])[2H])c(F)c(-c2cc3cnc(N[C@@H]4COCC[C@@H]4NC(=O)C=C)cc3c(NCC3CC3)n2)c1F. The monoisotopic (exact) mass is 545 g/mol. The minimum Gasteiger partial charge on any atom is -0.494 e. The molecule has 5 rings (SSSR count). The molecule has 3 heterocycles. The van der Waals surface area contributed by atoms with E-state index in [4.69, 9.17) is 22.4 Å². The molecular weight excluding hydrogens is 508 g/mol. The van der Waals surface area contributed by atoms with Gasteiger partial charge in [-0.25, -0.2) is 18.7 Å². The fourth-order valence-corrected chi connectivity index (χ4v) is 4.50. The molecule has 3 aromatic rings. The molecule has 2 atom stereocenters. The lowest BCUT2D eigenvalue weighted by Crippen LogP contribution is -2.52. The van der Waals surface area contributed by atoms with Crippen LogP contribution in [0.5, 0.6) is 11.5 Å². The molecule has 2 fully saturated rings. The van der Waals surface area contributed by atoms with Crippen LogP contribution in [0.4, 0.5) is 20.4 Å². The van der Waals surface area contributed by atoms with E-state index in [0.717, 1.165) is 12.8 Å². The molecule has 206 valence electrons. The van der Waals surface area contributed by atoms with Crippen LogP contribution in [0.2, 0.25) is 0 Å². The van der Waals surface area contributed by atoms with Crippen LogP contribution < -0.4 is 25.4 Å². The molecule has 39 heavy (non-hydrogen) atoms. The van der Waals surface area contributed by atoms with Gasteiger partial charge in [0.25, 0.3) is 0 Å². The van der Waals surface area contributed by atoms with Crippen molar-refractivity contribution in [2.24, 2.45) is 5.92 Å². The summed E-state index contributed by atoms with van der Waals surface area (Å²) in [5.41, 5.74) is -1.12. The van der Waals surface area contributed by atoms with Crippen molar-refractivity contribution in [3.63, 3.8) is 0 Å². The number of hydrogen-bond acceptors (Lipinski definition) is 8. The van der Waals surface area contributed by atoms with E-state index in [0.29, 0.717) is 54.8 Å². The van der Waals surface area contributed by atoms with Gasteiger partial charge in [-0.2, -0.15) is 0 Å². The Morgan fingerprint density at radius 2 is 1.95 bits per heavy atom. The Labute approximate surface area is 233 Å². The summed E-state index contributed by atoms with van der Waals surface area (Å²) in [6, 6.07) is 3.01. The predicted octanol–water partition coefficient (Wildman–Crippen LogP) is 4.29. The molecule has 0 unspecified atom stereocenters. The van der Waals surface area contributed by atoms with Crippen molar-refractivity contribution >= 4 is 28.3 Å². The van der Waals surface area contributed by atoms with Gasteiger partial charge in [0.15, 0.2) is 23.1 Å². The first-order valence-electron chi connectivity index (χ1n) is 15.4. The summed E-state index contributed by atoms with van der Waals surface area (Å²) in [5, 5.41) is 10.4. The molecule has 9 nitrogen and oxygen atoms in total. The van der Waals surface area contributed by atoms with Crippen molar-refractivity contribution in [2.45, 2.75) is 31.3 Å². The lowest BCUT2D eigenvalue weighted by molar-refractivity contribution is -0.117. The first-order chi connectivity index (χ1) is 21.2. The Hall–Kier alpha value is -3.99. The van der Waals surface area contributed by atoms with Gasteiger partial charge in [0.1, 0.15) is 11.6 Å². The summed E-state index contributed by atoms with van der Waals surface area (Å²) < 4.78 is 90.8. The number of benzene rings is 1. The highest BCUT2D eigenvalue weighted by atomic mass is 19.1. The molecule has 1 aromatic carbocycles. The Bertz CT molecular complexity index is 1560. The molecule has 0 bridgehead atoms. The van der Waals surface area contributed by atoms with Gasteiger partial charge in [-0.15, -0.1) is 0 Å².